The number of esters is 1. The fourth-order valence-corrected chi connectivity index (χ4v) is 5.69. The average molecular weight is 533 g/mol. The average Bonchev–Trinajstić information content (AvgIpc) is 3.37. The molecular formula is C26H28N8O3S. The zero-order valence-corrected chi connectivity index (χ0v) is 21.9. The van der Waals surface area contributed by atoms with E-state index in [0.29, 0.717) is 43.6 Å². The van der Waals surface area contributed by atoms with Gasteiger partial charge in [0.2, 0.25) is 5.95 Å². The van der Waals surface area contributed by atoms with Crippen LogP contribution in [-0.2, 0) is 9.53 Å². The van der Waals surface area contributed by atoms with E-state index in [1.165, 1.54) is 23.3 Å². The number of pyridine rings is 1. The second-order valence-electron chi connectivity index (χ2n) is 9.07. The number of nitrogens with zero attached hydrogens (tertiary/aromatic N) is 6. The number of urea groups is 1. The second kappa shape index (κ2) is 10.3. The third-order valence-electron chi connectivity index (χ3n) is 6.73. The van der Waals surface area contributed by atoms with Gasteiger partial charge in [-0.3, -0.25) is 14.7 Å². The van der Waals surface area contributed by atoms with Gasteiger partial charge in [-0.25, -0.2) is 19.7 Å². The highest BCUT2D eigenvalue weighted by Gasteiger charge is 2.39. The molecule has 196 valence electrons. The van der Waals surface area contributed by atoms with Crippen LogP contribution in [0.15, 0.2) is 48.9 Å². The van der Waals surface area contributed by atoms with Gasteiger partial charge >= 0.3 is 12.0 Å². The number of fused-ring (bicyclic) bond motifs is 1. The smallest absolute Gasteiger partial charge is 0.325 e. The molecule has 1 aliphatic heterocycles. The fourth-order valence-electron chi connectivity index (χ4n) is 4.55. The molecule has 4 aromatic rings. The number of rotatable bonds is 6. The predicted octanol–water partition coefficient (Wildman–Crippen LogP) is 3.19. The Kier molecular flexibility index (Phi) is 6.91. The van der Waals surface area contributed by atoms with E-state index < -0.39 is 17.5 Å². The van der Waals surface area contributed by atoms with Gasteiger partial charge in [-0.05, 0) is 49.6 Å². The lowest BCUT2D eigenvalue weighted by Crippen LogP contribution is -2.56. The van der Waals surface area contributed by atoms with Crippen LogP contribution in [0.25, 0.3) is 32.6 Å². The summed E-state index contributed by atoms with van der Waals surface area (Å²) in [6.45, 7) is 3.37. The Morgan fingerprint density at radius 2 is 1.87 bits per heavy atom. The molecule has 0 aliphatic carbocycles. The molecule has 1 aromatic carbocycles. The molecule has 3 aromatic heterocycles. The summed E-state index contributed by atoms with van der Waals surface area (Å²) in [5.41, 5.74) is 14.9. The molecule has 4 N–H and O–H groups in total. The van der Waals surface area contributed by atoms with Gasteiger partial charge in [0.15, 0.2) is 5.13 Å². The Hall–Kier alpha value is -4.16. The molecule has 0 bridgehead atoms. The lowest BCUT2D eigenvalue weighted by atomic mass is 9.89. The molecule has 2 amide bonds. The van der Waals surface area contributed by atoms with Crippen molar-refractivity contribution in [1.29, 1.82) is 0 Å². The SMILES string of the molecule is CCN(C(N)=O)c1nc2cc(-c3cnc(N4CCC(N)(C(=O)OC)CC4)nc3)cc(-c3ccccn3)c2s1. The van der Waals surface area contributed by atoms with E-state index in [2.05, 4.69) is 15.0 Å². The van der Waals surface area contributed by atoms with E-state index in [1.54, 1.807) is 18.6 Å². The molecule has 11 nitrogen and oxygen atoms in total. The van der Waals surface area contributed by atoms with E-state index in [4.69, 9.17) is 21.2 Å². The Bertz CT molecular complexity index is 1470. The maximum absolute atomic E-state index is 12.0. The summed E-state index contributed by atoms with van der Waals surface area (Å²) in [5.74, 6) is 0.179. The molecule has 0 radical (unpaired) electrons. The highest BCUT2D eigenvalue weighted by molar-refractivity contribution is 7.23. The number of piperidine rings is 1. The van der Waals surface area contributed by atoms with Crippen LogP contribution in [-0.4, -0.2) is 64.2 Å². The summed E-state index contributed by atoms with van der Waals surface area (Å²) in [6, 6.07) is 9.16. The molecule has 4 heterocycles. The first kappa shape index (κ1) is 25.5. The highest BCUT2D eigenvalue weighted by Crippen LogP contribution is 2.39. The van der Waals surface area contributed by atoms with Gasteiger partial charge in [-0.2, -0.15) is 0 Å². The van der Waals surface area contributed by atoms with Gasteiger partial charge in [0.25, 0.3) is 0 Å². The molecule has 1 fully saturated rings. The Labute approximate surface area is 223 Å². The minimum atomic E-state index is -0.975. The number of aromatic nitrogens is 4. The lowest BCUT2D eigenvalue weighted by molar-refractivity contribution is -0.147. The molecule has 38 heavy (non-hydrogen) atoms. The van der Waals surface area contributed by atoms with Crippen molar-refractivity contribution in [2.75, 3.05) is 36.5 Å². The van der Waals surface area contributed by atoms with Crippen molar-refractivity contribution in [3.8, 4) is 22.4 Å². The van der Waals surface area contributed by atoms with Crippen molar-refractivity contribution >= 4 is 44.6 Å². The van der Waals surface area contributed by atoms with E-state index in [0.717, 1.165) is 32.6 Å². The van der Waals surface area contributed by atoms with Crippen LogP contribution in [0.5, 0.6) is 0 Å². The van der Waals surface area contributed by atoms with Gasteiger partial charge in [-0.1, -0.05) is 17.4 Å². The molecule has 12 heteroatoms. The number of carbonyl (C=O) groups is 2. The number of nitrogens with two attached hydrogens (primary N) is 2. The van der Waals surface area contributed by atoms with Crippen LogP contribution < -0.4 is 21.3 Å². The van der Waals surface area contributed by atoms with Crippen molar-refractivity contribution in [2.24, 2.45) is 11.5 Å². The molecule has 1 aliphatic rings. The van der Waals surface area contributed by atoms with Crippen LogP contribution in [0.3, 0.4) is 0 Å². The zero-order chi connectivity index (χ0) is 26.9. The standard InChI is InChI=1S/C26H28N8O3S/c1-3-34(23(27)36)25-32-20-13-16(12-18(21(20)38-25)19-6-4-5-9-29-19)17-14-30-24(31-15-17)33-10-7-26(28,8-11-33)22(35)37-2/h4-6,9,12-15H,3,7-8,10-11,28H2,1-2H3,(H2,27,36). The van der Waals surface area contributed by atoms with Gasteiger partial charge in [0.1, 0.15) is 5.54 Å². The normalized spacial score (nSPS) is 14.9. The summed E-state index contributed by atoms with van der Waals surface area (Å²) >= 11 is 1.40. The van der Waals surface area contributed by atoms with Crippen LogP contribution in [0, 0.1) is 0 Å². The largest absolute Gasteiger partial charge is 0.468 e. The van der Waals surface area contributed by atoms with Crippen molar-refractivity contribution in [3.63, 3.8) is 0 Å². The molecule has 0 saturated carbocycles. The summed E-state index contributed by atoms with van der Waals surface area (Å²) in [6.07, 6.45) is 6.20. The summed E-state index contributed by atoms with van der Waals surface area (Å²) in [5, 5.41) is 0.531. The van der Waals surface area contributed by atoms with Crippen LogP contribution in [0.1, 0.15) is 19.8 Å². The molecular weight excluding hydrogens is 504 g/mol. The first-order chi connectivity index (χ1) is 18.3. The maximum Gasteiger partial charge on any atom is 0.325 e. The van der Waals surface area contributed by atoms with Gasteiger partial charge in [-0.15, -0.1) is 0 Å². The minimum Gasteiger partial charge on any atom is -0.468 e. The number of amides is 2. The minimum absolute atomic E-state index is 0.393. The van der Waals surface area contributed by atoms with Crippen molar-refractivity contribution in [3.05, 3.63) is 48.9 Å². The van der Waals surface area contributed by atoms with Crippen molar-refractivity contribution in [2.45, 2.75) is 25.3 Å². The fraction of sp³-hybridized carbons (Fsp3) is 0.308. The first-order valence-corrected chi connectivity index (χ1v) is 13.0. The van der Waals surface area contributed by atoms with Crippen LogP contribution in [0.4, 0.5) is 15.9 Å². The van der Waals surface area contributed by atoms with Crippen molar-refractivity contribution < 1.29 is 14.3 Å². The van der Waals surface area contributed by atoms with E-state index in [1.807, 2.05) is 42.2 Å². The van der Waals surface area contributed by atoms with Gasteiger partial charge in [0.05, 0.1) is 23.0 Å². The second-order valence-corrected chi connectivity index (χ2v) is 10.1. The number of benzene rings is 1. The Morgan fingerprint density at radius 3 is 2.47 bits per heavy atom. The summed E-state index contributed by atoms with van der Waals surface area (Å²) in [4.78, 5) is 45.9. The summed E-state index contributed by atoms with van der Waals surface area (Å²) in [7, 11) is 1.35. The quantitative estimate of drug-likeness (QED) is 0.356. The van der Waals surface area contributed by atoms with Crippen LogP contribution in [0.2, 0.25) is 0 Å². The third kappa shape index (κ3) is 4.75. The number of anilines is 2. The number of hydrogen-bond acceptors (Lipinski definition) is 10. The maximum atomic E-state index is 12.0. The number of primary amides is 1. The van der Waals surface area contributed by atoms with E-state index >= 15 is 0 Å². The molecule has 0 spiro atoms. The van der Waals surface area contributed by atoms with E-state index in [9.17, 15) is 9.59 Å². The van der Waals surface area contributed by atoms with Crippen LogP contribution >= 0.6 is 11.3 Å². The number of hydrogen-bond donors (Lipinski definition) is 2. The lowest BCUT2D eigenvalue weighted by Gasteiger charge is -2.36. The zero-order valence-electron chi connectivity index (χ0n) is 21.1. The Balaban J connectivity index is 1.48. The van der Waals surface area contributed by atoms with Gasteiger partial charge < -0.3 is 21.1 Å². The van der Waals surface area contributed by atoms with Gasteiger partial charge in [0, 0.05) is 49.4 Å². The number of carbonyl (C=O) groups excluding carboxylic acids is 2. The van der Waals surface area contributed by atoms with Crippen molar-refractivity contribution in [1.82, 2.24) is 19.9 Å². The molecule has 0 atom stereocenters. The number of methoxy groups -OCH3 is 1. The number of ether oxygens (including phenoxy) is 1. The predicted molar refractivity (Wildman–Crippen MR) is 147 cm³/mol. The molecule has 1 saturated heterocycles. The third-order valence-corrected chi connectivity index (χ3v) is 7.86. The first-order valence-electron chi connectivity index (χ1n) is 12.2. The monoisotopic (exact) mass is 532 g/mol. The molecule has 0 unspecified atom stereocenters. The Morgan fingerprint density at radius 1 is 1.13 bits per heavy atom. The molecule has 5 rings (SSSR count). The topological polar surface area (TPSA) is 153 Å². The van der Waals surface area contributed by atoms with E-state index in [-0.39, 0.29) is 0 Å². The number of thiazole rings is 1. The highest BCUT2D eigenvalue weighted by atomic mass is 32.1. The summed E-state index contributed by atoms with van der Waals surface area (Å²) < 4.78 is 5.76.